The van der Waals surface area contributed by atoms with E-state index < -0.39 is 6.04 Å². The molecule has 0 spiro atoms. The zero-order valence-electron chi connectivity index (χ0n) is 12.1. The molecular formula is C15H21N3O2. The van der Waals surface area contributed by atoms with Crippen LogP contribution < -0.4 is 10.6 Å². The Kier molecular flexibility index (Phi) is 4.27. The van der Waals surface area contributed by atoms with Gasteiger partial charge in [0.05, 0.1) is 0 Å². The molecule has 2 rings (SSSR count). The lowest BCUT2D eigenvalue weighted by Gasteiger charge is -2.22. The van der Waals surface area contributed by atoms with Crippen molar-refractivity contribution in [1.82, 2.24) is 10.2 Å². The van der Waals surface area contributed by atoms with Crippen LogP contribution in [0.4, 0.5) is 5.69 Å². The molecule has 1 aromatic carbocycles. The lowest BCUT2D eigenvalue weighted by atomic mass is 10.1. The first kappa shape index (κ1) is 14.4. The number of hydrogen-bond donors (Lipinski definition) is 2. The Labute approximate surface area is 119 Å². The zero-order valence-corrected chi connectivity index (χ0v) is 12.1. The van der Waals surface area contributed by atoms with Gasteiger partial charge < -0.3 is 15.5 Å². The van der Waals surface area contributed by atoms with Gasteiger partial charge in [-0.05, 0) is 25.5 Å². The monoisotopic (exact) mass is 275 g/mol. The van der Waals surface area contributed by atoms with Gasteiger partial charge in [-0.2, -0.15) is 0 Å². The molecule has 1 aromatic rings. The van der Waals surface area contributed by atoms with E-state index in [0.717, 1.165) is 11.3 Å². The second kappa shape index (κ2) is 5.94. The van der Waals surface area contributed by atoms with E-state index in [-0.39, 0.29) is 17.9 Å². The molecule has 1 aliphatic heterocycles. The van der Waals surface area contributed by atoms with Crippen molar-refractivity contribution in [3.8, 4) is 0 Å². The van der Waals surface area contributed by atoms with Gasteiger partial charge in [0, 0.05) is 25.7 Å². The number of anilines is 1. The fourth-order valence-electron chi connectivity index (χ4n) is 2.32. The van der Waals surface area contributed by atoms with E-state index in [0.29, 0.717) is 13.0 Å². The van der Waals surface area contributed by atoms with Crippen molar-refractivity contribution in [1.29, 1.82) is 0 Å². The van der Waals surface area contributed by atoms with Crippen molar-refractivity contribution in [3.05, 3.63) is 29.8 Å². The van der Waals surface area contributed by atoms with Crippen molar-refractivity contribution in [2.45, 2.75) is 32.4 Å². The maximum atomic E-state index is 12.2. The molecule has 2 N–H and O–H groups in total. The Balaban J connectivity index is 1.93. The summed E-state index contributed by atoms with van der Waals surface area (Å²) in [6, 6.07) is 7.07. The van der Waals surface area contributed by atoms with Gasteiger partial charge in [0.1, 0.15) is 12.1 Å². The number of carbonyl (C=O) groups excluding carboxylic acids is 2. The van der Waals surface area contributed by atoms with Crippen LogP contribution in [0.15, 0.2) is 24.3 Å². The Bertz CT molecular complexity index is 491. The number of likely N-dealkylation sites (N-methyl/N-ethyl adjacent to an activating group) is 1. The largest absolute Gasteiger partial charge is 0.373 e. The van der Waals surface area contributed by atoms with E-state index in [1.165, 1.54) is 0 Å². The SMILES string of the molecule is CCN(C)C(=O)C(C)NC(=O)[C@@H]1Cc2ccccc2N1. The summed E-state index contributed by atoms with van der Waals surface area (Å²) < 4.78 is 0. The van der Waals surface area contributed by atoms with Crippen LogP contribution in [0.3, 0.4) is 0 Å². The summed E-state index contributed by atoms with van der Waals surface area (Å²) in [4.78, 5) is 25.7. The van der Waals surface area contributed by atoms with Gasteiger partial charge in [-0.3, -0.25) is 9.59 Å². The topological polar surface area (TPSA) is 61.4 Å². The van der Waals surface area contributed by atoms with Crippen molar-refractivity contribution in [2.24, 2.45) is 0 Å². The molecule has 1 aliphatic rings. The highest BCUT2D eigenvalue weighted by molar-refractivity contribution is 5.92. The number of carbonyl (C=O) groups is 2. The standard InChI is InChI=1S/C15H21N3O2/c1-4-18(3)15(20)10(2)16-14(19)13-9-11-7-5-6-8-12(11)17-13/h5-8,10,13,17H,4,9H2,1-3H3,(H,16,19)/t10?,13-/m0/s1. The fraction of sp³-hybridized carbons (Fsp3) is 0.467. The minimum atomic E-state index is -0.502. The minimum absolute atomic E-state index is 0.0728. The molecule has 0 saturated heterocycles. The van der Waals surface area contributed by atoms with Crippen LogP contribution in [0.1, 0.15) is 19.4 Å². The van der Waals surface area contributed by atoms with Gasteiger partial charge in [-0.1, -0.05) is 18.2 Å². The molecule has 0 radical (unpaired) electrons. The first-order chi connectivity index (χ1) is 9.52. The van der Waals surface area contributed by atoms with E-state index >= 15 is 0 Å². The van der Waals surface area contributed by atoms with Crippen LogP contribution in [0.5, 0.6) is 0 Å². The third-order valence-corrected chi connectivity index (χ3v) is 3.67. The summed E-state index contributed by atoms with van der Waals surface area (Å²) in [7, 11) is 1.73. The van der Waals surface area contributed by atoms with Gasteiger partial charge >= 0.3 is 0 Å². The smallest absolute Gasteiger partial charge is 0.244 e. The van der Waals surface area contributed by atoms with Crippen molar-refractivity contribution in [2.75, 3.05) is 18.9 Å². The number of para-hydroxylation sites is 1. The molecule has 5 heteroatoms. The molecule has 0 aromatic heterocycles. The number of rotatable bonds is 4. The number of hydrogen-bond acceptors (Lipinski definition) is 3. The summed E-state index contributed by atoms with van der Waals surface area (Å²) in [5, 5.41) is 5.96. The zero-order chi connectivity index (χ0) is 14.7. The third kappa shape index (κ3) is 2.92. The summed E-state index contributed by atoms with van der Waals surface area (Å²) in [6.07, 6.45) is 0.659. The van der Waals surface area contributed by atoms with Gasteiger partial charge in [-0.25, -0.2) is 0 Å². The fourth-order valence-corrected chi connectivity index (χ4v) is 2.32. The maximum absolute atomic E-state index is 12.2. The normalized spacial score (nSPS) is 17.9. The van der Waals surface area contributed by atoms with Crippen LogP contribution in [0.2, 0.25) is 0 Å². The molecule has 1 heterocycles. The Morgan fingerprint density at radius 1 is 1.45 bits per heavy atom. The van der Waals surface area contributed by atoms with E-state index in [1.807, 2.05) is 31.2 Å². The maximum Gasteiger partial charge on any atom is 0.244 e. The molecule has 2 amide bonds. The van der Waals surface area contributed by atoms with Gasteiger partial charge in [-0.15, -0.1) is 0 Å². The predicted octanol–water partition coefficient (Wildman–Crippen LogP) is 1.01. The number of fused-ring (bicyclic) bond motifs is 1. The van der Waals surface area contributed by atoms with Gasteiger partial charge in [0.25, 0.3) is 0 Å². The van der Waals surface area contributed by atoms with E-state index in [9.17, 15) is 9.59 Å². The molecule has 5 nitrogen and oxygen atoms in total. The molecule has 0 aliphatic carbocycles. The van der Waals surface area contributed by atoms with E-state index in [4.69, 9.17) is 0 Å². The average molecular weight is 275 g/mol. The third-order valence-electron chi connectivity index (χ3n) is 3.67. The van der Waals surface area contributed by atoms with Crippen molar-refractivity contribution >= 4 is 17.5 Å². The summed E-state index contributed by atoms with van der Waals surface area (Å²) in [6.45, 7) is 4.25. The Morgan fingerprint density at radius 2 is 2.15 bits per heavy atom. The lowest BCUT2D eigenvalue weighted by molar-refractivity contribution is -0.134. The number of benzene rings is 1. The highest BCUT2D eigenvalue weighted by Gasteiger charge is 2.28. The van der Waals surface area contributed by atoms with Crippen LogP contribution >= 0.6 is 0 Å². The highest BCUT2D eigenvalue weighted by Crippen LogP contribution is 2.25. The lowest BCUT2D eigenvalue weighted by Crippen LogP contribution is -2.49. The minimum Gasteiger partial charge on any atom is -0.373 e. The molecule has 0 bridgehead atoms. The molecule has 20 heavy (non-hydrogen) atoms. The molecular weight excluding hydrogens is 254 g/mol. The molecule has 0 fully saturated rings. The molecule has 1 unspecified atom stereocenters. The molecule has 2 atom stereocenters. The highest BCUT2D eigenvalue weighted by atomic mass is 16.2. The molecule has 0 saturated carbocycles. The summed E-state index contributed by atoms with van der Waals surface area (Å²) >= 11 is 0. The number of nitrogens with one attached hydrogen (secondary N) is 2. The second-order valence-electron chi connectivity index (χ2n) is 5.14. The van der Waals surface area contributed by atoms with Gasteiger partial charge in [0.2, 0.25) is 11.8 Å². The Morgan fingerprint density at radius 3 is 2.80 bits per heavy atom. The first-order valence-electron chi connectivity index (χ1n) is 6.92. The van der Waals surface area contributed by atoms with E-state index in [1.54, 1.807) is 18.9 Å². The van der Waals surface area contributed by atoms with Crippen LogP contribution in [-0.2, 0) is 16.0 Å². The average Bonchev–Trinajstić information content (AvgIpc) is 2.89. The number of amides is 2. The quantitative estimate of drug-likeness (QED) is 0.862. The summed E-state index contributed by atoms with van der Waals surface area (Å²) in [5.74, 6) is -0.206. The second-order valence-corrected chi connectivity index (χ2v) is 5.14. The Hall–Kier alpha value is -2.04. The van der Waals surface area contributed by atoms with Crippen LogP contribution in [-0.4, -0.2) is 42.4 Å². The number of nitrogens with zero attached hydrogens (tertiary/aromatic N) is 1. The van der Waals surface area contributed by atoms with Crippen molar-refractivity contribution in [3.63, 3.8) is 0 Å². The van der Waals surface area contributed by atoms with Crippen LogP contribution in [0, 0.1) is 0 Å². The molecule has 108 valence electrons. The van der Waals surface area contributed by atoms with Gasteiger partial charge in [0.15, 0.2) is 0 Å². The van der Waals surface area contributed by atoms with Crippen LogP contribution in [0.25, 0.3) is 0 Å². The van der Waals surface area contributed by atoms with E-state index in [2.05, 4.69) is 10.6 Å². The predicted molar refractivity (Wildman–Crippen MR) is 78.5 cm³/mol. The first-order valence-corrected chi connectivity index (χ1v) is 6.92. The summed E-state index contributed by atoms with van der Waals surface area (Å²) in [5.41, 5.74) is 2.13. The van der Waals surface area contributed by atoms with Crippen molar-refractivity contribution < 1.29 is 9.59 Å².